The minimum absolute atomic E-state index is 0.370. The van der Waals surface area contributed by atoms with Gasteiger partial charge in [0.05, 0.1) is 16.9 Å². The molecule has 1 atom stereocenters. The third kappa shape index (κ3) is 4.68. The van der Waals surface area contributed by atoms with Gasteiger partial charge < -0.3 is 5.11 Å². The largest absolute Gasteiger partial charge is 0.392 e. The number of aliphatic hydroxyl groups excluding tert-OH is 1. The molecule has 1 saturated carbocycles. The van der Waals surface area contributed by atoms with Crippen molar-refractivity contribution in [2.75, 3.05) is 0 Å². The average Bonchev–Trinajstić information content (AvgIpc) is 3.49. The highest BCUT2D eigenvalue weighted by Crippen LogP contribution is 2.43. The van der Waals surface area contributed by atoms with Crippen LogP contribution in [-0.2, 0) is 22.2 Å². The first-order chi connectivity index (χ1) is 13.6. The molecule has 29 heavy (non-hydrogen) atoms. The summed E-state index contributed by atoms with van der Waals surface area (Å²) in [5.41, 5.74) is 0.543. The molecule has 1 heterocycles. The SMILES string of the molecule is CC(C)(C)S(=O)(=O)N[C@](CCC1CC1)(c1ccncc1)c1ccc(F)cc1CO. The van der Waals surface area contributed by atoms with E-state index in [9.17, 15) is 17.9 Å². The summed E-state index contributed by atoms with van der Waals surface area (Å²) in [6, 6.07) is 7.73. The predicted molar refractivity (Wildman–Crippen MR) is 111 cm³/mol. The van der Waals surface area contributed by atoms with Gasteiger partial charge in [0.2, 0.25) is 10.0 Å². The Kier molecular flexibility index (Phi) is 6.13. The van der Waals surface area contributed by atoms with Gasteiger partial charge in [0, 0.05) is 12.4 Å². The molecule has 2 N–H and O–H groups in total. The summed E-state index contributed by atoms with van der Waals surface area (Å²) in [4.78, 5) is 4.08. The van der Waals surface area contributed by atoms with Crippen molar-refractivity contribution in [3.8, 4) is 0 Å². The van der Waals surface area contributed by atoms with Crippen LogP contribution < -0.4 is 4.72 Å². The molecule has 1 aromatic heterocycles. The summed E-state index contributed by atoms with van der Waals surface area (Å²) in [6.07, 6.45) is 6.85. The molecule has 1 aliphatic carbocycles. The number of aliphatic hydroxyl groups is 1. The third-order valence-electron chi connectivity index (χ3n) is 5.61. The van der Waals surface area contributed by atoms with Crippen molar-refractivity contribution in [3.63, 3.8) is 0 Å². The van der Waals surface area contributed by atoms with Crippen molar-refractivity contribution in [2.45, 2.75) is 63.3 Å². The maximum Gasteiger partial charge on any atom is 0.217 e. The molecule has 0 saturated heterocycles. The lowest BCUT2D eigenvalue weighted by molar-refractivity contribution is 0.275. The maximum absolute atomic E-state index is 13.9. The number of benzene rings is 1. The van der Waals surface area contributed by atoms with E-state index in [-0.39, 0.29) is 6.61 Å². The van der Waals surface area contributed by atoms with Crippen LogP contribution in [0.3, 0.4) is 0 Å². The second-order valence-corrected chi connectivity index (χ2v) is 11.2. The molecule has 2 aromatic rings. The number of sulfonamides is 1. The minimum Gasteiger partial charge on any atom is -0.392 e. The minimum atomic E-state index is -3.76. The molecule has 0 radical (unpaired) electrons. The van der Waals surface area contributed by atoms with Gasteiger partial charge in [-0.1, -0.05) is 18.9 Å². The molecule has 5 nitrogen and oxygen atoms in total. The Hall–Kier alpha value is -1.83. The zero-order chi connectivity index (χ0) is 21.3. The number of nitrogens with one attached hydrogen (secondary N) is 1. The van der Waals surface area contributed by atoms with Crippen molar-refractivity contribution in [1.29, 1.82) is 0 Å². The molecular weight excluding hydrogens is 391 g/mol. The number of nitrogens with zero attached hydrogens (tertiary/aromatic N) is 1. The zero-order valence-corrected chi connectivity index (χ0v) is 18.0. The number of halogens is 1. The quantitative estimate of drug-likeness (QED) is 0.680. The number of pyridine rings is 1. The van der Waals surface area contributed by atoms with E-state index < -0.39 is 26.1 Å². The summed E-state index contributed by atoms with van der Waals surface area (Å²) in [5, 5.41) is 9.94. The van der Waals surface area contributed by atoms with Crippen molar-refractivity contribution < 1.29 is 17.9 Å². The number of hydrogen-bond acceptors (Lipinski definition) is 4. The summed E-state index contributed by atoms with van der Waals surface area (Å²) >= 11 is 0. The van der Waals surface area contributed by atoms with Crippen molar-refractivity contribution in [3.05, 3.63) is 65.2 Å². The highest BCUT2D eigenvalue weighted by Gasteiger charge is 2.44. The summed E-state index contributed by atoms with van der Waals surface area (Å²) in [5.74, 6) is 0.0932. The lowest BCUT2D eigenvalue weighted by Crippen LogP contribution is -2.52. The van der Waals surface area contributed by atoms with Crippen LogP contribution in [0.15, 0.2) is 42.7 Å². The van der Waals surface area contributed by atoms with Crippen LogP contribution in [0.2, 0.25) is 0 Å². The van der Waals surface area contributed by atoms with Crippen molar-refractivity contribution in [2.24, 2.45) is 5.92 Å². The Morgan fingerprint density at radius 1 is 1.17 bits per heavy atom. The van der Waals surface area contributed by atoms with Gasteiger partial charge in [0.25, 0.3) is 0 Å². The Balaban J connectivity index is 2.24. The Labute approximate surface area is 172 Å². The van der Waals surface area contributed by atoms with Gasteiger partial charge in [-0.15, -0.1) is 0 Å². The standard InChI is InChI=1S/C22H29FN2O3S/c1-21(2,3)29(27,28)25-22(11-8-16-4-5-16,18-9-12-24-13-10-18)20-7-6-19(23)14-17(20)15-26/h6-7,9-10,12-14,16,25-26H,4-5,8,11,15H2,1-3H3/t22-/m1/s1. The van der Waals surface area contributed by atoms with Crippen LogP contribution in [-0.4, -0.2) is 23.3 Å². The van der Waals surface area contributed by atoms with E-state index in [0.717, 1.165) is 24.8 Å². The third-order valence-corrected chi connectivity index (χ3v) is 7.84. The van der Waals surface area contributed by atoms with Gasteiger partial charge >= 0.3 is 0 Å². The van der Waals surface area contributed by atoms with Crippen LogP contribution in [0.4, 0.5) is 4.39 Å². The lowest BCUT2D eigenvalue weighted by Gasteiger charge is -2.39. The molecule has 7 heteroatoms. The molecule has 0 amide bonds. The normalized spacial score (nSPS) is 17.1. The molecule has 158 valence electrons. The van der Waals surface area contributed by atoms with Crippen molar-refractivity contribution in [1.82, 2.24) is 9.71 Å². The maximum atomic E-state index is 13.9. The van der Waals surface area contributed by atoms with E-state index in [1.165, 1.54) is 12.1 Å². The number of rotatable bonds is 8. The van der Waals surface area contributed by atoms with Gasteiger partial charge in [-0.05, 0) is 80.5 Å². The molecule has 1 fully saturated rings. The Morgan fingerprint density at radius 2 is 1.83 bits per heavy atom. The average molecular weight is 421 g/mol. The van der Waals surface area contributed by atoms with E-state index in [1.807, 2.05) is 0 Å². The molecular formula is C22H29FN2O3S. The highest BCUT2D eigenvalue weighted by atomic mass is 32.2. The fraction of sp³-hybridized carbons (Fsp3) is 0.500. The summed E-state index contributed by atoms with van der Waals surface area (Å²) in [6.45, 7) is 4.54. The van der Waals surface area contributed by atoms with Crippen LogP contribution in [0.1, 0.15) is 63.1 Å². The summed E-state index contributed by atoms with van der Waals surface area (Å²) < 4.78 is 42.4. The Morgan fingerprint density at radius 3 is 2.38 bits per heavy atom. The van der Waals surface area contributed by atoms with Gasteiger partial charge in [0.15, 0.2) is 0 Å². The molecule has 0 bridgehead atoms. The lowest BCUT2D eigenvalue weighted by atomic mass is 9.78. The van der Waals surface area contributed by atoms with Gasteiger partial charge in [-0.3, -0.25) is 4.98 Å². The molecule has 1 aromatic carbocycles. The number of aromatic nitrogens is 1. The summed E-state index contributed by atoms with van der Waals surface area (Å²) in [7, 11) is -3.76. The van der Waals surface area contributed by atoms with Gasteiger partial charge in [-0.25, -0.2) is 17.5 Å². The molecule has 0 unspecified atom stereocenters. The fourth-order valence-electron chi connectivity index (χ4n) is 3.55. The first-order valence-corrected chi connectivity index (χ1v) is 11.4. The monoisotopic (exact) mass is 420 g/mol. The van der Waals surface area contributed by atoms with Crippen molar-refractivity contribution >= 4 is 10.0 Å². The second kappa shape index (κ2) is 8.13. The molecule has 1 aliphatic rings. The van der Waals surface area contributed by atoms with E-state index in [0.29, 0.717) is 23.5 Å². The Bertz CT molecular complexity index is 954. The predicted octanol–water partition coefficient (Wildman–Crippen LogP) is 3.86. The van der Waals surface area contributed by atoms with Crippen LogP contribution in [0.25, 0.3) is 0 Å². The van der Waals surface area contributed by atoms with Crippen LogP contribution in [0.5, 0.6) is 0 Å². The van der Waals surface area contributed by atoms with E-state index >= 15 is 0 Å². The molecule has 3 rings (SSSR count). The first-order valence-electron chi connectivity index (χ1n) is 9.93. The van der Waals surface area contributed by atoms with Gasteiger partial charge in [-0.2, -0.15) is 0 Å². The van der Waals surface area contributed by atoms with Crippen LogP contribution >= 0.6 is 0 Å². The van der Waals surface area contributed by atoms with E-state index in [1.54, 1.807) is 51.4 Å². The van der Waals surface area contributed by atoms with E-state index in [4.69, 9.17) is 0 Å². The van der Waals surface area contributed by atoms with E-state index in [2.05, 4.69) is 9.71 Å². The van der Waals surface area contributed by atoms with Crippen LogP contribution in [0, 0.1) is 11.7 Å². The fourth-order valence-corrected chi connectivity index (χ4v) is 4.65. The first kappa shape index (κ1) is 21.9. The highest BCUT2D eigenvalue weighted by molar-refractivity contribution is 7.90. The topological polar surface area (TPSA) is 79.3 Å². The zero-order valence-electron chi connectivity index (χ0n) is 17.2. The molecule has 0 aliphatic heterocycles. The van der Waals surface area contributed by atoms with Gasteiger partial charge in [0.1, 0.15) is 5.82 Å². The second-order valence-electron chi connectivity index (χ2n) is 8.80. The molecule has 0 spiro atoms. The number of hydrogen-bond donors (Lipinski definition) is 2. The smallest absolute Gasteiger partial charge is 0.217 e.